The van der Waals surface area contributed by atoms with E-state index in [1.807, 2.05) is 25.1 Å². The van der Waals surface area contributed by atoms with Crippen LogP contribution in [0.2, 0.25) is 0 Å². The average Bonchev–Trinajstić information content (AvgIpc) is 2.73. The molecule has 0 spiro atoms. The molecule has 0 unspecified atom stereocenters. The maximum absolute atomic E-state index is 5.73. The van der Waals surface area contributed by atoms with Crippen molar-refractivity contribution in [3.05, 3.63) is 30.1 Å². The van der Waals surface area contributed by atoms with Gasteiger partial charge in [0.2, 0.25) is 0 Å². The Balaban J connectivity index is 2.18. The summed E-state index contributed by atoms with van der Waals surface area (Å²) < 4.78 is 7.54. The molecule has 92 valence electrons. The first-order valence-electron chi connectivity index (χ1n) is 6.08. The minimum absolute atomic E-state index is 0.476. The van der Waals surface area contributed by atoms with Crippen LogP contribution in [0.1, 0.15) is 19.2 Å². The lowest BCUT2D eigenvalue weighted by molar-refractivity contribution is 0.141. The van der Waals surface area contributed by atoms with E-state index in [9.17, 15) is 0 Å². The van der Waals surface area contributed by atoms with Crippen molar-refractivity contribution in [3.8, 4) is 0 Å². The molecule has 0 saturated heterocycles. The molecule has 1 aromatic heterocycles. The normalized spacial score (nSPS) is 11.2. The van der Waals surface area contributed by atoms with Crippen molar-refractivity contribution in [2.75, 3.05) is 13.2 Å². The summed E-state index contributed by atoms with van der Waals surface area (Å²) >= 11 is 0. The third kappa shape index (κ3) is 2.65. The van der Waals surface area contributed by atoms with Crippen LogP contribution < -0.4 is 5.73 Å². The molecule has 0 fully saturated rings. The van der Waals surface area contributed by atoms with Crippen LogP contribution in [-0.2, 0) is 17.8 Å². The van der Waals surface area contributed by atoms with Crippen molar-refractivity contribution >= 4 is 11.0 Å². The summed E-state index contributed by atoms with van der Waals surface area (Å²) in [6.07, 6.45) is 0.987. The first-order valence-corrected chi connectivity index (χ1v) is 6.08. The quantitative estimate of drug-likeness (QED) is 0.775. The summed E-state index contributed by atoms with van der Waals surface area (Å²) in [5, 5.41) is 0. The third-order valence-electron chi connectivity index (χ3n) is 2.79. The smallest absolute Gasteiger partial charge is 0.123 e. The predicted octanol–water partition coefficient (Wildman–Crippen LogP) is 1.92. The molecule has 17 heavy (non-hydrogen) atoms. The molecule has 0 radical (unpaired) electrons. The van der Waals surface area contributed by atoms with Gasteiger partial charge in [-0.15, -0.1) is 0 Å². The average molecular weight is 233 g/mol. The fourth-order valence-electron chi connectivity index (χ4n) is 2.00. The molecule has 2 aromatic rings. The maximum Gasteiger partial charge on any atom is 0.123 e. The van der Waals surface area contributed by atoms with E-state index in [4.69, 9.17) is 10.5 Å². The Bertz CT molecular complexity index is 478. The van der Waals surface area contributed by atoms with E-state index in [1.165, 1.54) is 0 Å². The van der Waals surface area contributed by atoms with Crippen molar-refractivity contribution < 1.29 is 4.74 Å². The van der Waals surface area contributed by atoms with Gasteiger partial charge in [0.05, 0.1) is 17.6 Å². The molecule has 2 rings (SSSR count). The molecular weight excluding hydrogens is 214 g/mol. The van der Waals surface area contributed by atoms with E-state index < -0.39 is 0 Å². The monoisotopic (exact) mass is 233 g/mol. The molecule has 0 atom stereocenters. The van der Waals surface area contributed by atoms with E-state index in [2.05, 4.69) is 15.6 Å². The summed E-state index contributed by atoms with van der Waals surface area (Å²) in [4.78, 5) is 4.53. The second kappa shape index (κ2) is 5.80. The van der Waals surface area contributed by atoms with Crippen LogP contribution >= 0.6 is 0 Å². The van der Waals surface area contributed by atoms with Gasteiger partial charge in [-0.25, -0.2) is 4.98 Å². The van der Waals surface area contributed by atoms with Crippen molar-refractivity contribution in [1.82, 2.24) is 9.55 Å². The standard InChI is InChI=1S/C13H19N3O/c1-2-17-9-5-8-16-12-7-4-3-6-11(12)15-13(16)10-14/h3-4,6-7H,2,5,8-10,14H2,1H3. The van der Waals surface area contributed by atoms with Gasteiger partial charge in [0.15, 0.2) is 0 Å². The van der Waals surface area contributed by atoms with Gasteiger partial charge in [0.1, 0.15) is 5.82 Å². The number of ether oxygens (including phenoxy) is 1. The molecule has 0 amide bonds. The Kier molecular flexibility index (Phi) is 4.12. The second-order valence-electron chi connectivity index (χ2n) is 3.92. The summed E-state index contributed by atoms with van der Waals surface area (Å²) in [5.74, 6) is 0.947. The first-order chi connectivity index (χ1) is 8.36. The van der Waals surface area contributed by atoms with Gasteiger partial charge in [-0.1, -0.05) is 12.1 Å². The van der Waals surface area contributed by atoms with Crippen LogP contribution in [0.4, 0.5) is 0 Å². The minimum Gasteiger partial charge on any atom is -0.382 e. The molecule has 4 nitrogen and oxygen atoms in total. The van der Waals surface area contributed by atoms with Crippen LogP contribution in [-0.4, -0.2) is 22.8 Å². The Morgan fingerprint density at radius 2 is 2.18 bits per heavy atom. The van der Waals surface area contributed by atoms with Gasteiger partial charge in [-0.2, -0.15) is 0 Å². The predicted molar refractivity (Wildman–Crippen MR) is 68.7 cm³/mol. The lowest BCUT2D eigenvalue weighted by Gasteiger charge is -2.07. The molecule has 1 heterocycles. The molecule has 2 N–H and O–H groups in total. The van der Waals surface area contributed by atoms with Crippen LogP contribution in [0.15, 0.2) is 24.3 Å². The van der Waals surface area contributed by atoms with Gasteiger partial charge >= 0.3 is 0 Å². The minimum atomic E-state index is 0.476. The zero-order valence-electron chi connectivity index (χ0n) is 10.2. The number of fused-ring (bicyclic) bond motifs is 1. The van der Waals surface area contributed by atoms with Crippen LogP contribution in [0.5, 0.6) is 0 Å². The van der Waals surface area contributed by atoms with Crippen molar-refractivity contribution in [2.45, 2.75) is 26.4 Å². The second-order valence-corrected chi connectivity index (χ2v) is 3.92. The van der Waals surface area contributed by atoms with Gasteiger partial charge in [0, 0.05) is 19.8 Å². The lowest BCUT2D eigenvalue weighted by Crippen LogP contribution is -2.10. The van der Waals surface area contributed by atoms with Gasteiger partial charge in [0.25, 0.3) is 0 Å². The van der Waals surface area contributed by atoms with Crippen molar-refractivity contribution in [3.63, 3.8) is 0 Å². The Hall–Kier alpha value is -1.39. The largest absolute Gasteiger partial charge is 0.382 e. The molecule has 4 heteroatoms. The number of nitrogens with zero attached hydrogens (tertiary/aromatic N) is 2. The fourth-order valence-corrected chi connectivity index (χ4v) is 2.00. The molecule has 0 bridgehead atoms. The van der Waals surface area contributed by atoms with Gasteiger partial charge in [-0.05, 0) is 25.5 Å². The Morgan fingerprint density at radius 1 is 1.35 bits per heavy atom. The molecule has 0 saturated carbocycles. The third-order valence-corrected chi connectivity index (χ3v) is 2.79. The number of hydrogen-bond donors (Lipinski definition) is 1. The number of benzene rings is 1. The lowest BCUT2D eigenvalue weighted by atomic mass is 10.3. The summed E-state index contributed by atoms with van der Waals surface area (Å²) in [6, 6.07) is 8.14. The number of imidazole rings is 1. The first kappa shape index (κ1) is 12.1. The SMILES string of the molecule is CCOCCCn1c(CN)nc2ccccc21. The molecular formula is C13H19N3O. The van der Waals surface area contributed by atoms with E-state index >= 15 is 0 Å². The highest BCUT2D eigenvalue weighted by molar-refractivity contribution is 5.75. The number of hydrogen-bond acceptors (Lipinski definition) is 3. The molecule has 0 aliphatic rings. The van der Waals surface area contributed by atoms with E-state index in [0.29, 0.717) is 6.54 Å². The Labute approximate surface area is 101 Å². The number of para-hydroxylation sites is 2. The molecule has 0 aliphatic carbocycles. The highest BCUT2D eigenvalue weighted by atomic mass is 16.5. The van der Waals surface area contributed by atoms with E-state index in [1.54, 1.807) is 0 Å². The zero-order chi connectivity index (χ0) is 12.1. The summed E-state index contributed by atoms with van der Waals surface area (Å²) in [6.45, 7) is 4.95. The highest BCUT2D eigenvalue weighted by Crippen LogP contribution is 2.16. The topological polar surface area (TPSA) is 53.1 Å². The number of nitrogens with two attached hydrogens (primary N) is 1. The maximum atomic E-state index is 5.73. The van der Waals surface area contributed by atoms with E-state index in [-0.39, 0.29) is 0 Å². The number of aryl methyl sites for hydroxylation is 1. The Morgan fingerprint density at radius 3 is 2.94 bits per heavy atom. The van der Waals surface area contributed by atoms with E-state index in [0.717, 1.165) is 43.0 Å². The van der Waals surface area contributed by atoms with Crippen LogP contribution in [0.25, 0.3) is 11.0 Å². The van der Waals surface area contributed by atoms with Crippen molar-refractivity contribution in [2.24, 2.45) is 5.73 Å². The number of rotatable bonds is 6. The summed E-state index contributed by atoms with van der Waals surface area (Å²) in [7, 11) is 0. The van der Waals surface area contributed by atoms with Crippen LogP contribution in [0.3, 0.4) is 0 Å². The van der Waals surface area contributed by atoms with Crippen LogP contribution in [0, 0.1) is 0 Å². The zero-order valence-corrected chi connectivity index (χ0v) is 10.2. The summed E-state index contributed by atoms with van der Waals surface area (Å²) in [5.41, 5.74) is 7.91. The molecule has 1 aromatic carbocycles. The van der Waals surface area contributed by atoms with Crippen molar-refractivity contribution in [1.29, 1.82) is 0 Å². The van der Waals surface area contributed by atoms with Gasteiger partial charge < -0.3 is 15.0 Å². The fraction of sp³-hybridized carbons (Fsp3) is 0.462. The highest BCUT2D eigenvalue weighted by Gasteiger charge is 2.07. The number of aromatic nitrogens is 2. The van der Waals surface area contributed by atoms with Gasteiger partial charge in [-0.3, -0.25) is 0 Å². The molecule has 0 aliphatic heterocycles.